The molecule has 5 nitrogen and oxygen atoms in total. The highest BCUT2D eigenvalue weighted by atomic mass is 35.5. The summed E-state index contributed by atoms with van der Waals surface area (Å²) in [6.45, 7) is 1.56. The number of rotatable bonds is 6. The molecule has 1 aliphatic heterocycles. The molecule has 1 saturated heterocycles. The number of nitrogens with two attached hydrogens (primary N) is 2. The van der Waals surface area contributed by atoms with Crippen LogP contribution in [0, 0.1) is 0 Å². The van der Waals surface area contributed by atoms with Crippen LogP contribution in [0.15, 0.2) is 42.7 Å². The summed E-state index contributed by atoms with van der Waals surface area (Å²) in [5, 5.41) is 4.02. The van der Waals surface area contributed by atoms with E-state index in [0.29, 0.717) is 5.02 Å². The quantitative estimate of drug-likeness (QED) is 0.700. The van der Waals surface area contributed by atoms with Crippen LogP contribution in [0.2, 0.25) is 5.02 Å². The molecule has 3 atom stereocenters. The van der Waals surface area contributed by atoms with E-state index in [0.717, 1.165) is 42.7 Å². The van der Waals surface area contributed by atoms with Crippen molar-refractivity contribution < 1.29 is 4.74 Å². The predicted molar refractivity (Wildman–Crippen MR) is 95.6 cm³/mol. The van der Waals surface area contributed by atoms with Gasteiger partial charge in [0.25, 0.3) is 0 Å². The van der Waals surface area contributed by atoms with Crippen molar-refractivity contribution >= 4 is 11.6 Å². The van der Waals surface area contributed by atoms with Gasteiger partial charge in [0, 0.05) is 36.1 Å². The number of pyridine rings is 1. The van der Waals surface area contributed by atoms with Crippen molar-refractivity contribution in [2.24, 2.45) is 11.5 Å². The monoisotopic (exact) mass is 346 g/mol. The third-order valence-electron chi connectivity index (χ3n) is 4.38. The lowest BCUT2D eigenvalue weighted by Gasteiger charge is -2.22. The Morgan fingerprint density at radius 3 is 2.71 bits per heavy atom. The molecule has 2 heterocycles. The zero-order valence-electron chi connectivity index (χ0n) is 13.5. The van der Waals surface area contributed by atoms with Gasteiger partial charge in [0.2, 0.25) is 0 Å². The van der Waals surface area contributed by atoms with Crippen molar-refractivity contribution in [1.82, 2.24) is 10.3 Å². The Morgan fingerprint density at radius 2 is 2.00 bits per heavy atom. The molecule has 0 amide bonds. The van der Waals surface area contributed by atoms with E-state index in [1.54, 1.807) is 12.4 Å². The van der Waals surface area contributed by atoms with E-state index in [1.807, 2.05) is 30.3 Å². The SMILES string of the molecule is NC(NC[C@H]1CCCO1)c1cnccc1C(N)c1ccc(Cl)cc1. The van der Waals surface area contributed by atoms with E-state index in [-0.39, 0.29) is 18.3 Å². The lowest BCUT2D eigenvalue weighted by Crippen LogP contribution is -2.36. The molecule has 24 heavy (non-hydrogen) atoms. The van der Waals surface area contributed by atoms with Crippen LogP contribution >= 0.6 is 11.6 Å². The van der Waals surface area contributed by atoms with Gasteiger partial charge in [-0.2, -0.15) is 0 Å². The van der Waals surface area contributed by atoms with E-state index in [2.05, 4.69) is 10.3 Å². The van der Waals surface area contributed by atoms with Gasteiger partial charge in [-0.3, -0.25) is 10.3 Å². The van der Waals surface area contributed by atoms with E-state index < -0.39 is 0 Å². The van der Waals surface area contributed by atoms with Gasteiger partial charge in [-0.15, -0.1) is 0 Å². The fourth-order valence-electron chi connectivity index (χ4n) is 2.98. The topological polar surface area (TPSA) is 86.2 Å². The molecule has 2 unspecified atom stereocenters. The second-order valence-corrected chi connectivity index (χ2v) is 6.49. The molecule has 1 aromatic heterocycles. The van der Waals surface area contributed by atoms with Crippen LogP contribution in [0.1, 0.15) is 41.7 Å². The van der Waals surface area contributed by atoms with E-state index >= 15 is 0 Å². The number of ether oxygens (including phenoxy) is 1. The van der Waals surface area contributed by atoms with Gasteiger partial charge >= 0.3 is 0 Å². The number of halogens is 1. The minimum Gasteiger partial charge on any atom is -0.377 e. The van der Waals surface area contributed by atoms with E-state index in [4.69, 9.17) is 27.8 Å². The summed E-state index contributed by atoms with van der Waals surface area (Å²) in [6, 6.07) is 9.18. The molecule has 1 fully saturated rings. The van der Waals surface area contributed by atoms with Crippen LogP contribution in [0.4, 0.5) is 0 Å². The van der Waals surface area contributed by atoms with Crippen LogP contribution in [0.5, 0.6) is 0 Å². The Morgan fingerprint density at radius 1 is 1.21 bits per heavy atom. The Bertz CT molecular complexity index is 658. The van der Waals surface area contributed by atoms with E-state index in [1.165, 1.54) is 0 Å². The Balaban J connectivity index is 1.75. The van der Waals surface area contributed by atoms with Crippen molar-refractivity contribution in [1.29, 1.82) is 0 Å². The van der Waals surface area contributed by atoms with Gasteiger partial charge in [0.05, 0.1) is 18.3 Å². The molecule has 6 heteroatoms. The first-order chi connectivity index (χ1) is 11.6. The molecule has 0 bridgehead atoms. The van der Waals surface area contributed by atoms with Crippen molar-refractivity contribution in [3.8, 4) is 0 Å². The number of benzene rings is 1. The molecule has 3 rings (SSSR count). The van der Waals surface area contributed by atoms with Gasteiger partial charge in [0.15, 0.2) is 0 Å². The molecule has 128 valence electrons. The predicted octanol–water partition coefficient (Wildman–Crippen LogP) is 2.51. The average Bonchev–Trinajstić information content (AvgIpc) is 3.13. The number of nitrogens with one attached hydrogen (secondary N) is 1. The molecule has 0 aliphatic carbocycles. The van der Waals surface area contributed by atoms with Crippen LogP contribution in [0.25, 0.3) is 0 Å². The first-order valence-corrected chi connectivity index (χ1v) is 8.58. The molecular formula is C18H23ClN4O. The van der Waals surface area contributed by atoms with Gasteiger partial charge < -0.3 is 16.2 Å². The molecule has 0 radical (unpaired) electrons. The van der Waals surface area contributed by atoms with Gasteiger partial charge in [-0.25, -0.2) is 0 Å². The third-order valence-corrected chi connectivity index (χ3v) is 4.63. The molecule has 1 aromatic carbocycles. The van der Waals surface area contributed by atoms with Crippen molar-refractivity contribution in [3.05, 3.63) is 64.4 Å². The first kappa shape index (κ1) is 17.3. The lowest BCUT2D eigenvalue weighted by molar-refractivity contribution is 0.107. The third kappa shape index (κ3) is 4.12. The maximum atomic E-state index is 6.44. The summed E-state index contributed by atoms with van der Waals surface area (Å²) in [5.74, 6) is 0. The largest absolute Gasteiger partial charge is 0.377 e. The number of hydrogen-bond donors (Lipinski definition) is 3. The molecular weight excluding hydrogens is 324 g/mol. The van der Waals surface area contributed by atoms with Gasteiger partial charge in [-0.05, 0) is 42.2 Å². The fourth-order valence-corrected chi connectivity index (χ4v) is 3.11. The first-order valence-electron chi connectivity index (χ1n) is 8.20. The average molecular weight is 347 g/mol. The van der Waals surface area contributed by atoms with Crippen LogP contribution in [-0.2, 0) is 4.74 Å². The zero-order valence-corrected chi connectivity index (χ0v) is 14.2. The second kappa shape index (κ2) is 8.05. The molecule has 0 saturated carbocycles. The maximum Gasteiger partial charge on any atom is 0.0829 e. The molecule has 5 N–H and O–H groups in total. The maximum absolute atomic E-state index is 6.44. The molecule has 2 aromatic rings. The standard InChI is InChI=1S/C18H23ClN4O/c19-13-5-3-12(4-6-13)17(20)15-7-8-22-11-16(15)18(21)23-10-14-2-1-9-24-14/h3-8,11,14,17-18,23H,1-2,9-10,20-21H2/t14-,17?,18?/m1/s1. The smallest absolute Gasteiger partial charge is 0.0829 e. The van der Waals surface area contributed by atoms with E-state index in [9.17, 15) is 0 Å². The van der Waals surface area contributed by atoms with Crippen molar-refractivity contribution in [2.45, 2.75) is 31.2 Å². The Labute approximate surface area is 147 Å². The summed E-state index contributed by atoms with van der Waals surface area (Å²) >= 11 is 5.95. The lowest BCUT2D eigenvalue weighted by atomic mass is 9.95. The summed E-state index contributed by atoms with van der Waals surface area (Å²) < 4.78 is 5.63. The van der Waals surface area contributed by atoms with Gasteiger partial charge in [0.1, 0.15) is 0 Å². The highest BCUT2D eigenvalue weighted by Crippen LogP contribution is 2.26. The van der Waals surface area contributed by atoms with Crippen LogP contribution < -0.4 is 16.8 Å². The summed E-state index contributed by atoms with van der Waals surface area (Å²) in [6.07, 6.45) is 5.60. The highest BCUT2D eigenvalue weighted by molar-refractivity contribution is 6.30. The second-order valence-electron chi connectivity index (χ2n) is 6.05. The summed E-state index contributed by atoms with van der Waals surface area (Å²) in [5.41, 5.74) is 15.6. The normalized spacial score (nSPS) is 20.0. The van der Waals surface area contributed by atoms with Crippen LogP contribution in [0.3, 0.4) is 0 Å². The number of hydrogen-bond acceptors (Lipinski definition) is 5. The van der Waals surface area contributed by atoms with Crippen molar-refractivity contribution in [3.63, 3.8) is 0 Å². The van der Waals surface area contributed by atoms with Gasteiger partial charge in [-0.1, -0.05) is 23.7 Å². The minimum absolute atomic E-state index is 0.237. The number of aromatic nitrogens is 1. The highest BCUT2D eigenvalue weighted by Gasteiger charge is 2.20. The summed E-state index contributed by atoms with van der Waals surface area (Å²) in [4.78, 5) is 4.21. The Hall–Kier alpha value is -1.50. The number of nitrogens with zero attached hydrogens (tertiary/aromatic N) is 1. The zero-order chi connectivity index (χ0) is 16.9. The molecule has 0 spiro atoms. The minimum atomic E-state index is -0.337. The fraction of sp³-hybridized carbons (Fsp3) is 0.389. The van der Waals surface area contributed by atoms with Crippen molar-refractivity contribution in [2.75, 3.05) is 13.2 Å². The molecule has 1 aliphatic rings. The summed E-state index contributed by atoms with van der Waals surface area (Å²) in [7, 11) is 0. The van der Waals surface area contributed by atoms with Crippen LogP contribution in [-0.4, -0.2) is 24.2 Å². The Kier molecular flexibility index (Phi) is 5.81.